The van der Waals surface area contributed by atoms with Crippen LogP contribution in [0.3, 0.4) is 0 Å². The first-order valence-electron chi connectivity index (χ1n) is 7.16. The van der Waals surface area contributed by atoms with Crippen LogP contribution in [-0.2, 0) is 6.18 Å². The number of nitrogen functional groups attached to an aromatic ring is 1. The van der Waals surface area contributed by atoms with Crippen molar-refractivity contribution < 1.29 is 17.9 Å². The van der Waals surface area contributed by atoms with Crippen LogP contribution < -0.4 is 15.8 Å². The minimum absolute atomic E-state index is 0.000723. The zero-order valence-corrected chi connectivity index (χ0v) is 13.7. The summed E-state index contributed by atoms with van der Waals surface area (Å²) in [4.78, 5) is 11.7. The number of rotatable bonds is 4. The van der Waals surface area contributed by atoms with Crippen LogP contribution in [0.2, 0.25) is 5.02 Å². The van der Waals surface area contributed by atoms with Crippen LogP contribution in [0, 0.1) is 0 Å². The van der Waals surface area contributed by atoms with Gasteiger partial charge in [-0.05, 0) is 30.3 Å². The maximum atomic E-state index is 12.9. The summed E-state index contributed by atoms with van der Waals surface area (Å²) in [5.41, 5.74) is 5.10. The standard InChI is InChI=1S/C16H11ClF3N5O/c17-11-4-3-9(16(18,19)20)6-12(11)25-14-13(21)15(24-8-23-14)26-10-2-1-5-22-7-10/h1-8H,21H2,(H,23,24,25). The molecule has 10 heteroatoms. The summed E-state index contributed by atoms with van der Waals surface area (Å²) in [5, 5.41) is 2.75. The lowest BCUT2D eigenvalue weighted by Crippen LogP contribution is -2.07. The van der Waals surface area contributed by atoms with Gasteiger partial charge in [-0.25, -0.2) is 4.98 Å². The quantitative estimate of drug-likeness (QED) is 0.683. The van der Waals surface area contributed by atoms with Gasteiger partial charge in [0.15, 0.2) is 5.82 Å². The van der Waals surface area contributed by atoms with Gasteiger partial charge in [-0.15, -0.1) is 0 Å². The van der Waals surface area contributed by atoms with E-state index in [9.17, 15) is 13.2 Å². The summed E-state index contributed by atoms with van der Waals surface area (Å²) in [7, 11) is 0. The van der Waals surface area contributed by atoms with E-state index in [0.29, 0.717) is 5.75 Å². The number of hydrogen-bond donors (Lipinski definition) is 2. The smallest absolute Gasteiger partial charge is 0.416 e. The molecule has 0 bridgehead atoms. The number of ether oxygens (including phenoxy) is 1. The molecule has 0 saturated carbocycles. The molecule has 0 aliphatic heterocycles. The lowest BCUT2D eigenvalue weighted by atomic mass is 10.2. The van der Waals surface area contributed by atoms with Crippen LogP contribution in [0.4, 0.5) is 30.4 Å². The molecule has 0 saturated heterocycles. The van der Waals surface area contributed by atoms with Crippen LogP contribution in [0.25, 0.3) is 0 Å². The van der Waals surface area contributed by atoms with E-state index in [1.807, 2.05) is 0 Å². The molecule has 0 aliphatic rings. The number of pyridine rings is 1. The molecule has 134 valence electrons. The van der Waals surface area contributed by atoms with Gasteiger partial charge < -0.3 is 15.8 Å². The van der Waals surface area contributed by atoms with Crippen LogP contribution in [-0.4, -0.2) is 15.0 Å². The van der Waals surface area contributed by atoms with Gasteiger partial charge in [0.1, 0.15) is 17.8 Å². The Morgan fingerprint density at radius 1 is 1.15 bits per heavy atom. The normalized spacial score (nSPS) is 11.2. The fraction of sp³-hybridized carbons (Fsp3) is 0.0625. The molecule has 2 heterocycles. The Balaban J connectivity index is 1.90. The fourth-order valence-electron chi connectivity index (χ4n) is 2.00. The third-order valence-electron chi connectivity index (χ3n) is 3.24. The molecule has 0 radical (unpaired) electrons. The van der Waals surface area contributed by atoms with Crippen molar-refractivity contribution in [2.75, 3.05) is 11.1 Å². The molecule has 0 aliphatic carbocycles. The summed E-state index contributed by atoms with van der Waals surface area (Å²) >= 11 is 5.96. The first-order valence-corrected chi connectivity index (χ1v) is 7.54. The summed E-state index contributed by atoms with van der Waals surface area (Å²) in [6.07, 6.45) is -0.324. The number of nitrogens with one attached hydrogen (secondary N) is 1. The Bertz CT molecular complexity index is 922. The van der Waals surface area contributed by atoms with Gasteiger partial charge in [-0.3, -0.25) is 4.98 Å². The van der Waals surface area contributed by atoms with E-state index in [-0.39, 0.29) is 28.1 Å². The second-order valence-electron chi connectivity index (χ2n) is 5.05. The molecule has 3 N–H and O–H groups in total. The Hall–Kier alpha value is -3.07. The first kappa shape index (κ1) is 17.7. The minimum atomic E-state index is -4.51. The average Bonchev–Trinajstić information content (AvgIpc) is 2.60. The molecule has 3 aromatic rings. The molecule has 0 atom stereocenters. The Morgan fingerprint density at radius 3 is 2.65 bits per heavy atom. The van der Waals surface area contributed by atoms with E-state index >= 15 is 0 Å². The van der Waals surface area contributed by atoms with E-state index in [0.717, 1.165) is 24.5 Å². The number of halogens is 4. The number of benzene rings is 1. The molecular formula is C16H11ClF3N5O. The number of anilines is 3. The van der Waals surface area contributed by atoms with Gasteiger partial charge in [-0.2, -0.15) is 18.2 Å². The van der Waals surface area contributed by atoms with Crippen molar-refractivity contribution in [2.24, 2.45) is 0 Å². The summed E-state index contributed by atoms with van der Waals surface area (Å²) in [5.74, 6) is 0.472. The Labute approximate surface area is 150 Å². The highest BCUT2D eigenvalue weighted by Crippen LogP contribution is 2.36. The van der Waals surface area contributed by atoms with Gasteiger partial charge >= 0.3 is 6.18 Å². The van der Waals surface area contributed by atoms with Crippen molar-refractivity contribution in [2.45, 2.75) is 6.18 Å². The van der Waals surface area contributed by atoms with Gasteiger partial charge in [0.2, 0.25) is 5.88 Å². The number of nitrogens with zero attached hydrogens (tertiary/aromatic N) is 3. The van der Waals surface area contributed by atoms with E-state index in [1.54, 1.807) is 18.3 Å². The highest BCUT2D eigenvalue weighted by Gasteiger charge is 2.31. The third kappa shape index (κ3) is 3.94. The summed E-state index contributed by atoms with van der Waals surface area (Å²) in [6.45, 7) is 0. The third-order valence-corrected chi connectivity index (χ3v) is 3.57. The minimum Gasteiger partial charge on any atom is -0.435 e. The number of hydrogen-bond acceptors (Lipinski definition) is 6. The molecule has 0 spiro atoms. The lowest BCUT2D eigenvalue weighted by molar-refractivity contribution is -0.137. The van der Waals surface area contributed by atoms with Crippen molar-refractivity contribution in [1.29, 1.82) is 0 Å². The zero-order valence-electron chi connectivity index (χ0n) is 13.0. The maximum absolute atomic E-state index is 12.9. The molecule has 0 fully saturated rings. The fourth-order valence-corrected chi connectivity index (χ4v) is 2.17. The van der Waals surface area contributed by atoms with E-state index in [4.69, 9.17) is 22.1 Å². The van der Waals surface area contributed by atoms with Crippen molar-refractivity contribution in [3.05, 3.63) is 59.6 Å². The molecule has 26 heavy (non-hydrogen) atoms. The first-order chi connectivity index (χ1) is 12.3. The van der Waals surface area contributed by atoms with Crippen molar-refractivity contribution >= 4 is 28.8 Å². The molecule has 1 aromatic carbocycles. The summed E-state index contributed by atoms with van der Waals surface area (Å²) < 4.78 is 44.1. The Morgan fingerprint density at radius 2 is 1.96 bits per heavy atom. The number of nitrogens with two attached hydrogens (primary N) is 1. The van der Waals surface area contributed by atoms with Crippen LogP contribution in [0.5, 0.6) is 11.6 Å². The van der Waals surface area contributed by atoms with Gasteiger partial charge in [-0.1, -0.05) is 11.6 Å². The second kappa shape index (κ2) is 7.04. The van der Waals surface area contributed by atoms with Crippen LogP contribution in [0.15, 0.2) is 49.1 Å². The van der Waals surface area contributed by atoms with Gasteiger partial charge in [0.05, 0.1) is 22.5 Å². The molecule has 6 nitrogen and oxygen atoms in total. The number of aromatic nitrogens is 3. The monoisotopic (exact) mass is 381 g/mol. The van der Waals surface area contributed by atoms with Crippen LogP contribution in [0.1, 0.15) is 5.56 Å². The summed E-state index contributed by atoms with van der Waals surface area (Å²) in [6, 6.07) is 6.19. The van der Waals surface area contributed by atoms with Crippen molar-refractivity contribution in [3.63, 3.8) is 0 Å². The second-order valence-corrected chi connectivity index (χ2v) is 5.46. The molecular weight excluding hydrogens is 371 g/mol. The SMILES string of the molecule is Nc1c(Nc2cc(C(F)(F)F)ccc2Cl)ncnc1Oc1cccnc1. The topological polar surface area (TPSA) is 86.0 Å². The molecule has 0 amide bonds. The lowest BCUT2D eigenvalue weighted by Gasteiger charge is -2.14. The molecule has 2 aromatic heterocycles. The van der Waals surface area contributed by atoms with Gasteiger partial charge in [0.25, 0.3) is 0 Å². The van der Waals surface area contributed by atoms with Crippen molar-refractivity contribution in [3.8, 4) is 11.6 Å². The average molecular weight is 382 g/mol. The van der Waals surface area contributed by atoms with Gasteiger partial charge in [0, 0.05) is 6.20 Å². The van der Waals surface area contributed by atoms with E-state index in [1.165, 1.54) is 6.20 Å². The van der Waals surface area contributed by atoms with Crippen LogP contribution >= 0.6 is 11.6 Å². The largest absolute Gasteiger partial charge is 0.435 e. The van der Waals surface area contributed by atoms with E-state index in [2.05, 4.69) is 20.3 Å². The van der Waals surface area contributed by atoms with Crippen molar-refractivity contribution in [1.82, 2.24) is 15.0 Å². The highest BCUT2D eigenvalue weighted by atomic mass is 35.5. The van der Waals surface area contributed by atoms with E-state index < -0.39 is 11.7 Å². The predicted octanol–water partition coefficient (Wildman–Crippen LogP) is 4.66. The highest BCUT2D eigenvalue weighted by molar-refractivity contribution is 6.33. The predicted molar refractivity (Wildman–Crippen MR) is 90.5 cm³/mol. The Kier molecular flexibility index (Phi) is 4.81. The molecule has 3 rings (SSSR count). The molecule has 0 unspecified atom stereocenters. The number of alkyl halides is 3. The zero-order chi connectivity index (χ0) is 18.7. The maximum Gasteiger partial charge on any atom is 0.416 e.